The quantitative estimate of drug-likeness (QED) is 0.525. The van der Waals surface area contributed by atoms with Crippen molar-refractivity contribution >= 4 is 39.3 Å². The van der Waals surface area contributed by atoms with Gasteiger partial charge in [-0.25, -0.2) is 14.4 Å². The zero-order valence-corrected chi connectivity index (χ0v) is 14.0. The van der Waals surface area contributed by atoms with Crippen LogP contribution in [0.4, 0.5) is 4.39 Å². The van der Waals surface area contributed by atoms with Crippen LogP contribution in [-0.4, -0.2) is 9.97 Å². The van der Waals surface area contributed by atoms with Gasteiger partial charge in [0.1, 0.15) is 16.8 Å². The Morgan fingerprint density at radius 2 is 1.95 bits per heavy atom. The Morgan fingerprint density at radius 3 is 2.60 bits per heavy atom. The highest BCUT2D eigenvalue weighted by Crippen LogP contribution is 2.27. The Kier molecular flexibility index (Phi) is 5.81. The minimum Gasteiger partial charge on any atom is -0.236 e. The average molecular weight is 376 g/mol. The normalized spacial score (nSPS) is 10.8. The molecule has 2 nitrogen and oxygen atoms in total. The van der Waals surface area contributed by atoms with Crippen LogP contribution in [0.5, 0.6) is 0 Å². The molecule has 0 N–H and O–H groups in total. The first kappa shape index (κ1) is 15.7. The predicted molar refractivity (Wildman–Crippen MR) is 84.7 cm³/mol. The van der Waals surface area contributed by atoms with Gasteiger partial charge >= 0.3 is 0 Å². The Bertz CT molecular complexity index is 592. The van der Waals surface area contributed by atoms with Gasteiger partial charge in [0.25, 0.3) is 0 Å². The Labute approximate surface area is 135 Å². The zero-order chi connectivity index (χ0) is 14.5. The third kappa shape index (κ3) is 4.17. The standard InChI is InChI=1S/C14H13BrClFN2S/c1-2-3-11-13(15)14(16)19-12(18-11)8-20-10-6-4-9(17)5-7-10/h4-7H,2-3,8H2,1H3. The van der Waals surface area contributed by atoms with Crippen molar-refractivity contribution in [3.8, 4) is 0 Å². The summed E-state index contributed by atoms with van der Waals surface area (Å²) in [5.41, 5.74) is 0.933. The maximum absolute atomic E-state index is 12.8. The molecule has 2 rings (SSSR count). The molecule has 2 aromatic rings. The van der Waals surface area contributed by atoms with Crippen LogP contribution in [0.1, 0.15) is 24.9 Å². The molecule has 0 spiro atoms. The summed E-state index contributed by atoms with van der Waals surface area (Å²) in [6.45, 7) is 2.09. The molecular formula is C14H13BrClFN2S. The predicted octanol–water partition coefficient (Wildman–Crippen LogP) is 5.28. The summed E-state index contributed by atoms with van der Waals surface area (Å²) in [7, 11) is 0. The first-order valence-electron chi connectivity index (χ1n) is 6.19. The summed E-state index contributed by atoms with van der Waals surface area (Å²) in [4.78, 5) is 9.76. The van der Waals surface area contributed by atoms with E-state index in [9.17, 15) is 4.39 Å². The Balaban J connectivity index is 2.11. The van der Waals surface area contributed by atoms with E-state index in [0.29, 0.717) is 16.7 Å². The summed E-state index contributed by atoms with van der Waals surface area (Å²) in [6, 6.07) is 6.38. The molecule has 0 bridgehead atoms. The molecule has 1 heterocycles. The van der Waals surface area contributed by atoms with Crippen LogP contribution in [0.25, 0.3) is 0 Å². The van der Waals surface area contributed by atoms with E-state index in [0.717, 1.165) is 27.9 Å². The van der Waals surface area contributed by atoms with Crippen LogP contribution in [0.3, 0.4) is 0 Å². The largest absolute Gasteiger partial charge is 0.236 e. The molecule has 0 aliphatic carbocycles. The van der Waals surface area contributed by atoms with Crippen molar-refractivity contribution in [3.63, 3.8) is 0 Å². The minimum atomic E-state index is -0.234. The number of benzene rings is 1. The van der Waals surface area contributed by atoms with E-state index in [4.69, 9.17) is 11.6 Å². The second-order valence-corrected chi connectivity index (χ2v) is 6.38. The Morgan fingerprint density at radius 1 is 1.25 bits per heavy atom. The van der Waals surface area contributed by atoms with E-state index in [1.54, 1.807) is 23.9 Å². The van der Waals surface area contributed by atoms with E-state index in [1.165, 1.54) is 12.1 Å². The molecule has 0 fully saturated rings. The van der Waals surface area contributed by atoms with E-state index in [1.807, 2.05) is 0 Å². The number of rotatable bonds is 5. The van der Waals surface area contributed by atoms with Crippen molar-refractivity contribution in [1.29, 1.82) is 0 Å². The van der Waals surface area contributed by atoms with E-state index in [-0.39, 0.29) is 5.82 Å². The molecule has 1 aromatic carbocycles. The van der Waals surface area contributed by atoms with Crippen molar-refractivity contribution in [2.45, 2.75) is 30.4 Å². The third-order valence-corrected chi connectivity index (χ3v) is 4.94. The van der Waals surface area contributed by atoms with Crippen LogP contribution in [0.15, 0.2) is 33.6 Å². The highest BCUT2D eigenvalue weighted by atomic mass is 79.9. The molecular weight excluding hydrogens is 363 g/mol. The molecule has 0 radical (unpaired) electrons. The maximum Gasteiger partial charge on any atom is 0.147 e. The molecule has 0 aliphatic rings. The molecule has 1 aromatic heterocycles. The molecule has 0 saturated carbocycles. The van der Waals surface area contributed by atoms with Crippen molar-refractivity contribution < 1.29 is 4.39 Å². The van der Waals surface area contributed by atoms with Crippen molar-refractivity contribution in [3.05, 3.63) is 51.2 Å². The molecule has 0 unspecified atom stereocenters. The first-order chi connectivity index (χ1) is 9.60. The highest BCUT2D eigenvalue weighted by molar-refractivity contribution is 9.10. The molecule has 0 saturated heterocycles. The fraction of sp³-hybridized carbons (Fsp3) is 0.286. The minimum absolute atomic E-state index is 0.234. The number of hydrogen-bond donors (Lipinski definition) is 0. The lowest BCUT2D eigenvalue weighted by atomic mass is 10.2. The smallest absolute Gasteiger partial charge is 0.147 e. The van der Waals surface area contributed by atoms with E-state index in [2.05, 4.69) is 32.8 Å². The lowest BCUT2D eigenvalue weighted by molar-refractivity contribution is 0.626. The van der Waals surface area contributed by atoms with Gasteiger partial charge < -0.3 is 0 Å². The first-order valence-corrected chi connectivity index (χ1v) is 8.35. The SMILES string of the molecule is CCCc1nc(CSc2ccc(F)cc2)nc(Cl)c1Br. The van der Waals surface area contributed by atoms with Gasteiger partial charge in [-0.05, 0) is 46.6 Å². The lowest BCUT2D eigenvalue weighted by Gasteiger charge is -2.07. The number of aryl methyl sites for hydroxylation is 1. The van der Waals surface area contributed by atoms with Gasteiger partial charge in [-0.15, -0.1) is 11.8 Å². The zero-order valence-electron chi connectivity index (χ0n) is 10.9. The number of aromatic nitrogens is 2. The van der Waals surface area contributed by atoms with Crippen LogP contribution in [-0.2, 0) is 12.2 Å². The Hall–Kier alpha value is -0.650. The number of halogens is 3. The van der Waals surface area contributed by atoms with Crippen LogP contribution >= 0.6 is 39.3 Å². The molecule has 0 atom stereocenters. The molecule has 0 amide bonds. The second-order valence-electron chi connectivity index (χ2n) is 4.18. The van der Waals surface area contributed by atoms with Crippen molar-refractivity contribution in [2.24, 2.45) is 0 Å². The number of nitrogens with zero attached hydrogens (tertiary/aromatic N) is 2. The van der Waals surface area contributed by atoms with E-state index < -0.39 is 0 Å². The maximum atomic E-state index is 12.8. The van der Waals surface area contributed by atoms with Gasteiger partial charge in [0.2, 0.25) is 0 Å². The van der Waals surface area contributed by atoms with Crippen LogP contribution in [0, 0.1) is 5.82 Å². The summed E-state index contributed by atoms with van der Waals surface area (Å²) >= 11 is 11.1. The van der Waals surface area contributed by atoms with Gasteiger partial charge in [0.15, 0.2) is 0 Å². The van der Waals surface area contributed by atoms with Gasteiger partial charge in [0, 0.05) is 4.90 Å². The van der Waals surface area contributed by atoms with Crippen LogP contribution < -0.4 is 0 Å². The van der Waals surface area contributed by atoms with Gasteiger partial charge in [-0.1, -0.05) is 24.9 Å². The van der Waals surface area contributed by atoms with E-state index >= 15 is 0 Å². The molecule has 6 heteroatoms. The highest BCUT2D eigenvalue weighted by Gasteiger charge is 2.10. The second kappa shape index (κ2) is 7.38. The molecule has 0 aliphatic heterocycles. The average Bonchev–Trinajstić information content (AvgIpc) is 2.44. The third-order valence-electron chi connectivity index (χ3n) is 2.59. The van der Waals surface area contributed by atoms with Gasteiger partial charge in [-0.3, -0.25) is 0 Å². The van der Waals surface area contributed by atoms with Crippen molar-refractivity contribution in [1.82, 2.24) is 9.97 Å². The summed E-state index contributed by atoms with van der Waals surface area (Å²) in [5, 5.41) is 0.443. The van der Waals surface area contributed by atoms with Crippen LogP contribution in [0.2, 0.25) is 5.15 Å². The summed E-state index contributed by atoms with van der Waals surface area (Å²) in [5.74, 6) is 1.06. The molecule has 106 valence electrons. The molecule has 20 heavy (non-hydrogen) atoms. The monoisotopic (exact) mass is 374 g/mol. The fourth-order valence-corrected chi connectivity index (χ4v) is 2.99. The topological polar surface area (TPSA) is 25.8 Å². The number of thioether (sulfide) groups is 1. The lowest BCUT2D eigenvalue weighted by Crippen LogP contribution is -2.00. The van der Waals surface area contributed by atoms with Gasteiger partial charge in [0.05, 0.1) is 15.9 Å². The summed E-state index contributed by atoms with van der Waals surface area (Å²) < 4.78 is 13.6. The van der Waals surface area contributed by atoms with Crippen molar-refractivity contribution in [2.75, 3.05) is 0 Å². The van der Waals surface area contributed by atoms with Gasteiger partial charge in [-0.2, -0.15) is 0 Å². The fourth-order valence-electron chi connectivity index (χ4n) is 1.66. The number of hydrogen-bond acceptors (Lipinski definition) is 3. The summed E-state index contributed by atoms with van der Waals surface area (Å²) in [6.07, 6.45) is 1.85.